The van der Waals surface area contributed by atoms with Crippen LogP contribution in [0, 0.1) is 13.8 Å². The summed E-state index contributed by atoms with van der Waals surface area (Å²) in [5, 5.41) is 2.64. The van der Waals surface area contributed by atoms with E-state index in [9.17, 15) is 18.0 Å². The first-order valence-electron chi connectivity index (χ1n) is 8.10. The fraction of sp³-hybridized carbons (Fsp3) is 0.263. The third-order valence-corrected chi connectivity index (χ3v) is 5.73. The average molecular weight is 375 g/mol. The van der Waals surface area contributed by atoms with Gasteiger partial charge in [0.15, 0.2) is 16.4 Å². The van der Waals surface area contributed by atoms with Gasteiger partial charge in [0.05, 0.1) is 16.2 Å². The average Bonchev–Trinajstić information content (AvgIpc) is 2.62. The standard InChI is InChI=1S/C19H21NO5S/c1-4-26(23,24)17-8-6-5-7-16(17)19(22)25-12-18(21)20-15-10-9-13(2)14(3)11-15/h5-11H,4,12H2,1-3H3,(H,20,21). The Hall–Kier alpha value is -2.67. The molecule has 1 N–H and O–H groups in total. The van der Waals surface area contributed by atoms with Gasteiger partial charge in [-0.1, -0.05) is 25.1 Å². The van der Waals surface area contributed by atoms with Crippen molar-refractivity contribution in [2.45, 2.75) is 25.7 Å². The molecule has 26 heavy (non-hydrogen) atoms. The lowest BCUT2D eigenvalue weighted by Gasteiger charge is -2.10. The van der Waals surface area contributed by atoms with Crippen molar-refractivity contribution >= 4 is 27.4 Å². The third kappa shape index (κ3) is 4.70. The Morgan fingerprint density at radius 2 is 1.73 bits per heavy atom. The van der Waals surface area contributed by atoms with Gasteiger partial charge in [-0.2, -0.15) is 0 Å². The molecule has 0 aromatic heterocycles. The molecule has 1 amide bonds. The number of nitrogens with one attached hydrogen (secondary N) is 1. The van der Waals surface area contributed by atoms with E-state index in [2.05, 4.69) is 5.32 Å². The maximum atomic E-state index is 12.2. The fourth-order valence-corrected chi connectivity index (χ4v) is 3.37. The molecule has 0 fully saturated rings. The Bertz CT molecular complexity index is 935. The summed E-state index contributed by atoms with van der Waals surface area (Å²) in [6, 6.07) is 11.2. The summed E-state index contributed by atoms with van der Waals surface area (Å²) in [7, 11) is -3.57. The first-order valence-corrected chi connectivity index (χ1v) is 9.76. The molecule has 0 aliphatic carbocycles. The number of hydrogen-bond acceptors (Lipinski definition) is 5. The SMILES string of the molecule is CCS(=O)(=O)c1ccccc1C(=O)OCC(=O)Nc1ccc(C)c(C)c1. The molecule has 7 heteroatoms. The van der Waals surface area contributed by atoms with Gasteiger partial charge in [-0.15, -0.1) is 0 Å². The fourth-order valence-electron chi connectivity index (χ4n) is 2.29. The normalized spacial score (nSPS) is 11.0. The van der Waals surface area contributed by atoms with E-state index < -0.39 is 28.3 Å². The van der Waals surface area contributed by atoms with Crippen LogP contribution in [0.3, 0.4) is 0 Å². The van der Waals surface area contributed by atoms with Crippen molar-refractivity contribution in [2.75, 3.05) is 17.7 Å². The summed E-state index contributed by atoms with van der Waals surface area (Å²) >= 11 is 0. The van der Waals surface area contributed by atoms with Crippen LogP contribution in [0.2, 0.25) is 0 Å². The number of hydrogen-bond donors (Lipinski definition) is 1. The van der Waals surface area contributed by atoms with Crippen LogP contribution in [-0.2, 0) is 19.4 Å². The molecule has 0 bridgehead atoms. The van der Waals surface area contributed by atoms with E-state index >= 15 is 0 Å². The topological polar surface area (TPSA) is 89.5 Å². The van der Waals surface area contributed by atoms with E-state index in [4.69, 9.17) is 4.74 Å². The van der Waals surface area contributed by atoms with Gasteiger partial charge in [0.25, 0.3) is 5.91 Å². The van der Waals surface area contributed by atoms with Gasteiger partial charge < -0.3 is 10.1 Å². The van der Waals surface area contributed by atoms with Gasteiger partial charge in [0.2, 0.25) is 0 Å². The van der Waals surface area contributed by atoms with Crippen LogP contribution in [0.25, 0.3) is 0 Å². The van der Waals surface area contributed by atoms with E-state index in [-0.39, 0.29) is 16.2 Å². The van der Waals surface area contributed by atoms with Crippen LogP contribution in [-0.4, -0.2) is 32.7 Å². The van der Waals surface area contributed by atoms with E-state index in [1.54, 1.807) is 12.1 Å². The monoisotopic (exact) mass is 375 g/mol. The molecular formula is C19H21NO5S. The third-order valence-electron chi connectivity index (χ3n) is 3.95. The van der Waals surface area contributed by atoms with E-state index in [0.29, 0.717) is 5.69 Å². The number of benzene rings is 2. The smallest absolute Gasteiger partial charge is 0.339 e. The Balaban J connectivity index is 2.05. The van der Waals surface area contributed by atoms with Gasteiger partial charge in [0.1, 0.15) is 0 Å². The van der Waals surface area contributed by atoms with Crippen molar-refractivity contribution in [3.63, 3.8) is 0 Å². The number of amides is 1. The second kappa shape index (κ2) is 8.14. The van der Waals surface area contributed by atoms with Crippen molar-refractivity contribution in [3.05, 3.63) is 59.2 Å². The Morgan fingerprint density at radius 1 is 1.04 bits per heavy atom. The lowest BCUT2D eigenvalue weighted by atomic mass is 10.1. The lowest BCUT2D eigenvalue weighted by molar-refractivity contribution is -0.119. The quantitative estimate of drug-likeness (QED) is 0.784. The second-order valence-corrected chi connectivity index (χ2v) is 8.07. The molecule has 0 heterocycles. The number of rotatable bonds is 6. The summed E-state index contributed by atoms with van der Waals surface area (Å²) in [4.78, 5) is 24.1. The van der Waals surface area contributed by atoms with E-state index in [1.165, 1.54) is 25.1 Å². The lowest BCUT2D eigenvalue weighted by Crippen LogP contribution is -2.22. The molecule has 0 radical (unpaired) electrons. The maximum absolute atomic E-state index is 12.2. The van der Waals surface area contributed by atoms with Gasteiger partial charge in [-0.05, 0) is 49.2 Å². The minimum atomic E-state index is -3.57. The minimum Gasteiger partial charge on any atom is -0.452 e. The predicted octanol–water partition coefficient (Wildman–Crippen LogP) is 2.89. The van der Waals surface area contributed by atoms with Gasteiger partial charge in [-0.3, -0.25) is 4.79 Å². The van der Waals surface area contributed by atoms with Crippen molar-refractivity contribution < 1.29 is 22.7 Å². The first-order chi connectivity index (χ1) is 12.2. The second-order valence-electron chi connectivity index (χ2n) is 5.82. The number of esters is 1. The van der Waals surface area contributed by atoms with Crippen LogP contribution in [0.15, 0.2) is 47.4 Å². The molecule has 2 aromatic rings. The number of sulfone groups is 1. The van der Waals surface area contributed by atoms with Crippen molar-refractivity contribution in [1.29, 1.82) is 0 Å². The number of anilines is 1. The van der Waals surface area contributed by atoms with Gasteiger partial charge in [0, 0.05) is 5.69 Å². The van der Waals surface area contributed by atoms with Crippen LogP contribution >= 0.6 is 0 Å². The highest BCUT2D eigenvalue weighted by Crippen LogP contribution is 2.18. The summed E-state index contributed by atoms with van der Waals surface area (Å²) in [5.41, 5.74) is 2.65. The molecule has 2 rings (SSSR count). The first kappa shape index (κ1) is 19.7. The molecule has 2 aromatic carbocycles. The minimum absolute atomic E-state index is 0.0756. The zero-order valence-corrected chi connectivity index (χ0v) is 15.7. The molecule has 0 unspecified atom stereocenters. The number of carbonyl (C=O) groups is 2. The Morgan fingerprint density at radius 3 is 2.38 bits per heavy atom. The Kier molecular flexibility index (Phi) is 6.15. The molecule has 0 aliphatic rings. The van der Waals surface area contributed by atoms with Gasteiger partial charge in [-0.25, -0.2) is 13.2 Å². The number of aryl methyl sites for hydroxylation is 2. The zero-order chi connectivity index (χ0) is 19.3. The molecule has 0 atom stereocenters. The number of carbonyl (C=O) groups excluding carboxylic acids is 2. The van der Waals surface area contributed by atoms with Crippen LogP contribution in [0.1, 0.15) is 28.4 Å². The molecule has 138 valence electrons. The highest BCUT2D eigenvalue weighted by molar-refractivity contribution is 7.91. The summed E-state index contributed by atoms with van der Waals surface area (Å²) in [5.74, 6) is -1.49. The molecule has 0 aliphatic heterocycles. The van der Waals surface area contributed by atoms with Crippen LogP contribution < -0.4 is 5.32 Å². The van der Waals surface area contributed by atoms with Crippen molar-refractivity contribution in [2.24, 2.45) is 0 Å². The highest BCUT2D eigenvalue weighted by Gasteiger charge is 2.22. The molecule has 0 saturated heterocycles. The van der Waals surface area contributed by atoms with Crippen LogP contribution in [0.4, 0.5) is 5.69 Å². The van der Waals surface area contributed by atoms with E-state index in [1.807, 2.05) is 26.0 Å². The largest absolute Gasteiger partial charge is 0.452 e. The van der Waals surface area contributed by atoms with Crippen molar-refractivity contribution in [1.82, 2.24) is 0 Å². The molecule has 0 spiro atoms. The molecular weight excluding hydrogens is 354 g/mol. The van der Waals surface area contributed by atoms with E-state index in [0.717, 1.165) is 11.1 Å². The van der Waals surface area contributed by atoms with Crippen LogP contribution in [0.5, 0.6) is 0 Å². The van der Waals surface area contributed by atoms with Gasteiger partial charge >= 0.3 is 5.97 Å². The summed E-state index contributed by atoms with van der Waals surface area (Å²) in [6.45, 7) is 4.88. The Labute approximate surface area is 153 Å². The number of ether oxygens (including phenoxy) is 1. The predicted molar refractivity (Wildman–Crippen MR) is 99.0 cm³/mol. The highest BCUT2D eigenvalue weighted by atomic mass is 32.2. The molecule has 0 saturated carbocycles. The summed E-state index contributed by atoms with van der Waals surface area (Å²) in [6.07, 6.45) is 0. The molecule has 6 nitrogen and oxygen atoms in total. The maximum Gasteiger partial charge on any atom is 0.339 e. The zero-order valence-electron chi connectivity index (χ0n) is 14.9. The van der Waals surface area contributed by atoms with Crippen molar-refractivity contribution in [3.8, 4) is 0 Å². The summed E-state index contributed by atoms with van der Waals surface area (Å²) < 4.78 is 29.1.